The third kappa shape index (κ3) is 6.11. The van der Waals surface area contributed by atoms with Crippen LogP contribution in [0.5, 0.6) is 11.5 Å². The number of nitrogens with one attached hydrogen (secondary N) is 1. The molecule has 2 aliphatic heterocycles. The molecule has 2 heterocycles. The number of guanidine groups is 1. The van der Waals surface area contributed by atoms with Crippen molar-refractivity contribution in [3.8, 4) is 11.5 Å². The summed E-state index contributed by atoms with van der Waals surface area (Å²) in [7, 11) is 2.27. The molecule has 1 saturated heterocycles. The van der Waals surface area contributed by atoms with Crippen LogP contribution >= 0.6 is 24.0 Å². The Morgan fingerprint density at radius 1 is 1.10 bits per heavy atom. The summed E-state index contributed by atoms with van der Waals surface area (Å²) < 4.78 is 33.9. The molecule has 8 nitrogen and oxygen atoms in total. The minimum atomic E-state index is -2.83. The molecule has 0 amide bonds. The van der Waals surface area contributed by atoms with E-state index in [1.165, 1.54) is 11.1 Å². The van der Waals surface area contributed by atoms with E-state index in [4.69, 9.17) is 9.47 Å². The van der Waals surface area contributed by atoms with Gasteiger partial charge in [-0.15, -0.1) is 24.0 Å². The van der Waals surface area contributed by atoms with Crippen molar-refractivity contribution in [2.45, 2.75) is 13.0 Å². The average Bonchev–Trinajstić information content (AvgIpc) is 2.70. The fraction of sp³-hybridized carbons (Fsp3) is 0.632. The maximum atomic E-state index is 11.5. The first-order valence-electron chi connectivity index (χ1n) is 9.58. The highest BCUT2D eigenvalue weighted by molar-refractivity contribution is 14.0. The summed E-state index contributed by atoms with van der Waals surface area (Å²) in [5, 5.41) is 3.42. The van der Waals surface area contributed by atoms with E-state index in [1.807, 2.05) is 6.07 Å². The zero-order chi connectivity index (χ0) is 20.1. The first-order chi connectivity index (χ1) is 13.5. The standard InChI is InChI=1S/C19H30N4O4S.HI/c1-20-19(21-5-7-22-8-10-28(24,25)11-9-22)23-6-4-15-12-17(26-2)18(27-3)13-16(15)14-23;/h12-13H,4-11,14H2,1-3H3,(H,20,21);1H. The van der Waals surface area contributed by atoms with Gasteiger partial charge in [0.05, 0.1) is 25.7 Å². The molecule has 3 rings (SSSR count). The van der Waals surface area contributed by atoms with E-state index >= 15 is 0 Å². The van der Waals surface area contributed by atoms with Crippen molar-refractivity contribution in [3.63, 3.8) is 0 Å². The highest BCUT2D eigenvalue weighted by atomic mass is 127. The fourth-order valence-electron chi connectivity index (χ4n) is 3.70. The molecule has 0 aromatic heterocycles. The lowest BCUT2D eigenvalue weighted by atomic mass is 9.99. The molecule has 1 N–H and O–H groups in total. The lowest BCUT2D eigenvalue weighted by molar-refractivity contribution is 0.296. The number of fused-ring (bicyclic) bond motifs is 1. The summed E-state index contributed by atoms with van der Waals surface area (Å²) in [4.78, 5) is 8.84. The predicted molar refractivity (Wildman–Crippen MR) is 126 cm³/mol. The number of ether oxygens (including phenoxy) is 2. The van der Waals surface area contributed by atoms with Gasteiger partial charge in [0.25, 0.3) is 0 Å². The van der Waals surface area contributed by atoms with E-state index in [2.05, 4.69) is 26.2 Å². The molecule has 10 heteroatoms. The van der Waals surface area contributed by atoms with Crippen LogP contribution in [0.1, 0.15) is 11.1 Å². The molecule has 2 aliphatic rings. The van der Waals surface area contributed by atoms with Gasteiger partial charge >= 0.3 is 0 Å². The third-order valence-corrected chi connectivity index (χ3v) is 6.99. The molecule has 0 bridgehead atoms. The van der Waals surface area contributed by atoms with Crippen LogP contribution in [0.3, 0.4) is 0 Å². The molecule has 0 spiro atoms. The molecule has 0 saturated carbocycles. The van der Waals surface area contributed by atoms with Crippen molar-refractivity contribution in [2.24, 2.45) is 4.99 Å². The summed E-state index contributed by atoms with van der Waals surface area (Å²) in [6, 6.07) is 4.11. The molecule has 1 aromatic rings. The number of hydrogen-bond donors (Lipinski definition) is 1. The topological polar surface area (TPSA) is 83.5 Å². The lowest BCUT2D eigenvalue weighted by Gasteiger charge is -2.33. The number of nitrogens with zero attached hydrogens (tertiary/aromatic N) is 3. The number of rotatable bonds is 5. The first-order valence-corrected chi connectivity index (χ1v) is 11.4. The number of benzene rings is 1. The van der Waals surface area contributed by atoms with E-state index in [1.54, 1.807) is 21.3 Å². The minimum Gasteiger partial charge on any atom is -0.493 e. The summed E-state index contributed by atoms with van der Waals surface area (Å²) in [6.45, 7) is 4.41. The van der Waals surface area contributed by atoms with E-state index in [0.717, 1.165) is 50.1 Å². The molecular weight excluding hydrogens is 507 g/mol. The number of halogens is 1. The van der Waals surface area contributed by atoms with Crippen LogP contribution in [-0.2, 0) is 22.8 Å². The summed E-state index contributed by atoms with van der Waals surface area (Å²) in [5.74, 6) is 2.89. The Labute approximate surface area is 190 Å². The maximum absolute atomic E-state index is 11.5. The number of aliphatic imine (C=N–C) groups is 1. The normalized spacial score (nSPS) is 19.1. The summed E-state index contributed by atoms with van der Waals surface area (Å²) in [5.41, 5.74) is 2.49. The van der Waals surface area contributed by atoms with Crippen molar-refractivity contribution in [1.29, 1.82) is 0 Å². The Bertz CT molecular complexity index is 818. The van der Waals surface area contributed by atoms with Gasteiger partial charge in [-0.05, 0) is 29.7 Å². The van der Waals surface area contributed by atoms with Crippen LogP contribution in [0.25, 0.3) is 0 Å². The first kappa shape index (κ1) is 24.0. The molecular formula is C19H31IN4O4S. The molecule has 0 unspecified atom stereocenters. The van der Waals surface area contributed by atoms with Gasteiger partial charge in [-0.1, -0.05) is 0 Å². The van der Waals surface area contributed by atoms with Crippen LogP contribution in [-0.4, -0.2) is 89.7 Å². The Morgan fingerprint density at radius 2 is 1.72 bits per heavy atom. The second-order valence-corrected chi connectivity index (χ2v) is 9.42. The van der Waals surface area contributed by atoms with Crippen molar-refractivity contribution >= 4 is 39.8 Å². The predicted octanol–water partition coefficient (Wildman–Crippen LogP) is 0.986. The monoisotopic (exact) mass is 538 g/mol. The van der Waals surface area contributed by atoms with Crippen molar-refractivity contribution in [2.75, 3.05) is 65.5 Å². The largest absolute Gasteiger partial charge is 0.493 e. The Morgan fingerprint density at radius 3 is 2.31 bits per heavy atom. The van der Waals surface area contributed by atoms with Gasteiger partial charge in [0.1, 0.15) is 0 Å². The Hall–Kier alpha value is -1.27. The Kier molecular flexibility index (Phi) is 8.83. The molecule has 1 fully saturated rings. The summed E-state index contributed by atoms with van der Waals surface area (Å²) in [6.07, 6.45) is 0.917. The highest BCUT2D eigenvalue weighted by Crippen LogP contribution is 2.33. The molecule has 0 aliphatic carbocycles. The van der Waals surface area contributed by atoms with Crippen molar-refractivity contribution < 1.29 is 17.9 Å². The van der Waals surface area contributed by atoms with E-state index in [9.17, 15) is 8.42 Å². The number of hydrogen-bond acceptors (Lipinski definition) is 6. The quantitative estimate of drug-likeness (QED) is 0.340. The maximum Gasteiger partial charge on any atom is 0.194 e. The van der Waals surface area contributed by atoms with Crippen molar-refractivity contribution in [3.05, 3.63) is 23.3 Å². The van der Waals surface area contributed by atoms with Gasteiger partial charge in [-0.3, -0.25) is 9.89 Å². The molecule has 0 radical (unpaired) electrons. The smallest absolute Gasteiger partial charge is 0.194 e. The summed E-state index contributed by atoms with van der Waals surface area (Å²) >= 11 is 0. The van der Waals surface area contributed by atoms with Crippen LogP contribution in [0.4, 0.5) is 0 Å². The van der Waals surface area contributed by atoms with Gasteiger partial charge in [0.15, 0.2) is 27.3 Å². The van der Waals surface area contributed by atoms with Gasteiger partial charge in [0.2, 0.25) is 0 Å². The van der Waals surface area contributed by atoms with Crippen LogP contribution < -0.4 is 14.8 Å². The van der Waals surface area contributed by atoms with E-state index < -0.39 is 9.84 Å². The number of sulfone groups is 1. The van der Waals surface area contributed by atoms with Crippen molar-refractivity contribution in [1.82, 2.24) is 15.1 Å². The zero-order valence-electron chi connectivity index (χ0n) is 17.3. The average molecular weight is 538 g/mol. The minimum absolute atomic E-state index is 0. The third-order valence-electron chi connectivity index (χ3n) is 5.38. The second kappa shape index (κ2) is 10.7. The van der Waals surface area contributed by atoms with Crippen LogP contribution in [0.2, 0.25) is 0 Å². The van der Waals surface area contributed by atoms with Gasteiger partial charge in [-0.2, -0.15) is 0 Å². The second-order valence-electron chi connectivity index (χ2n) is 7.11. The molecule has 1 aromatic carbocycles. The van der Waals surface area contributed by atoms with E-state index in [0.29, 0.717) is 13.1 Å². The zero-order valence-corrected chi connectivity index (χ0v) is 20.5. The van der Waals surface area contributed by atoms with Gasteiger partial charge in [-0.25, -0.2) is 8.42 Å². The molecule has 164 valence electrons. The van der Waals surface area contributed by atoms with Crippen LogP contribution in [0.15, 0.2) is 17.1 Å². The van der Waals surface area contributed by atoms with Gasteiger partial charge < -0.3 is 19.7 Å². The highest BCUT2D eigenvalue weighted by Gasteiger charge is 2.23. The van der Waals surface area contributed by atoms with E-state index in [-0.39, 0.29) is 35.5 Å². The number of methoxy groups -OCH3 is 2. The van der Waals surface area contributed by atoms with Crippen LogP contribution in [0, 0.1) is 0 Å². The lowest BCUT2D eigenvalue weighted by Crippen LogP contribution is -2.48. The fourth-order valence-corrected chi connectivity index (χ4v) is 4.97. The molecule has 0 atom stereocenters. The Balaban J connectivity index is 0.00000300. The van der Waals surface area contributed by atoms with Gasteiger partial charge in [0, 0.05) is 46.3 Å². The molecule has 29 heavy (non-hydrogen) atoms. The SMILES string of the molecule is CN=C(NCCN1CCS(=O)(=O)CC1)N1CCc2cc(OC)c(OC)cc2C1.I.